The van der Waals surface area contributed by atoms with Gasteiger partial charge in [0.15, 0.2) is 5.16 Å². The molecule has 0 aromatic carbocycles. The molecule has 0 aliphatic heterocycles. The zero-order valence-electron chi connectivity index (χ0n) is 9.73. The third-order valence-corrected chi connectivity index (χ3v) is 3.26. The first-order valence-corrected chi connectivity index (χ1v) is 6.42. The molecule has 0 spiro atoms. The van der Waals surface area contributed by atoms with Gasteiger partial charge in [-0.15, -0.1) is 10.2 Å². The molecule has 0 radical (unpaired) electrons. The SMILES string of the molecule is CCCNC(C)CCSc1nncn1C. The summed E-state index contributed by atoms with van der Waals surface area (Å²) in [5.41, 5.74) is 0. The summed E-state index contributed by atoms with van der Waals surface area (Å²) in [7, 11) is 1.97. The van der Waals surface area contributed by atoms with Gasteiger partial charge in [-0.2, -0.15) is 0 Å². The molecule has 1 unspecified atom stereocenters. The minimum atomic E-state index is 0.589. The summed E-state index contributed by atoms with van der Waals surface area (Å²) in [6.45, 7) is 5.52. The van der Waals surface area contributed by atoms with E-state index in [0.29, 0.717) is 6.04 Å². The number of thioether (sulfide) groups is 1. The van der Waals surface area contributed by atoms with Crippen LogP contribution >= 0.6 is 11.8 Å². The van der Waals surface area contributed by atoms with E-state index in [4.69, 9.17) is 0 Å². The molecule has 0 amide bonds. The quantitative estimate of drug-likeness (QED) is 0.721. The van der Waals surface area contributed by atoms with Gasteiger partial charge in [0.25, 0.3) is 0 Å². The Morgan fingerprint density at radius 1 is 1.60 bits per heavy atom. The summed E-state index contributed by atoms with van der Waals surface area (Å²) in [6.07, 6.45) is 4.10. The monoisotopic (exact) mass is 228 g/mol. The van der Waals surface area contributed by atoms with Gasteiger partial charge in [-0.1, -0.05) is 18.7 Å². The van der Waals surface area contributed by atoms with Crippen LogP contribution in [0.3, 0.4) is 0 Å². The highest BCUT2D eigenvalue weighted by Crippen LogP contribution is 2.14. The standard InChI is InChI=1S/C10H20N4S/c1-4-6-11-9(2)5-7-15-10-13-12-8-14(10)3/h8-9,11H,4-7H2,1-3H3. The molecule has 0 bridgehead atoms. The first-order chi connectivity index (χ1) is 7.24. The van der Waals surface area contributed by atoms with Crippen LogP contribution in [0.5, 0.6) is 0 Å². The van der Waals surface area contributed by atoms with E-state index in [1.165, 1.54) is 6.42 Å². The van der Waals surface area contributed by atoms with Crippen molar-refractivity contribution in [3.8, 4) is 0 Å². The molecule has 1 heterocycles. The van der Waals surface area contributed by atoms with E-state index in [1.807, 2.05) is 11.6 Å². The Balaban J connectivity index is 2.13. The molecule has 5 heteroatoms. The van der Waals surface area contributed by atoms with Gasteiger partial charge in [0.05, 0.1) is 0 Å². The second-order valence-electron chi connectivity index (χ2n) is 3.72. The van der Waals surface area contributed by atoms with Crippen molar-refractivity contribution in [2.75, 3.05) is 12.3 Å². The van der Waals surface area contributed by atoms with Crippen LogP contribution in [0.1, 0.15) is 26.7 Å². The van der Waals surface area contributed by atoms with E-state index in [1.54, 1.807) is 18.1 Å². The Labute approximate surface area is 95.9 Å². The van der Waals surface area contributed by atoms with Crippen molar-refractivity contribution in [1.29, 1.82) is 0 Å². The molecule has 1 atom stereocenters. The molecular weight excluding hydrogens is 208 g/mol. The van der Waals surface area contributed by atoms with E-state index in [0.717, 1.165) is 23.9 Å². The number of rotatable bonds is 7. The molecule has 1 rings (SSSR count). The summed E-state index contributed by atoms with van der Waals surface area (Å²) >= 11 is 1.76. The Morgan fingerprint density at radius 3 is 3.00 bits per heavy atom. The van der Waals surface area contributed by atoms with Gasteiger partial charge in [-0.3, -0.25) is 0 Å². The molecule has 1 N–H and O–H groups in total. The van der Waals surface area contributed by atoms with Gasteiger partial charge in [0, 0.05) is 18.8 Å². The largest absolute Gasteiger partial charge is 0.314 e. The zero-order chi connectivity index (χ0) is 11.1. The van der Waals surface area contributed by atoms with E-state index >= 15 is 0 Å². The molecule has 0 aliphatic carbocycles. The van der Waals surface area contributed by atoms with Crippen LogP contribution < -0.4 is 5.32 Å². The van der Waals surface area contributed by atoms with Crippen LogP contribution in [0.15, 0.2) is 11.5 Å². The lowest BCUT2D eigenvalue weighted by molar-refractivity contribution is 0.535. The maximum atomic E-state index is 4.03. The van der Waals surface area contributed by atoms with Gasteiger partial charge in [-0.25, -0.2) is 0 Å². The van der Waals surface area contributed by atoms with Gasteiger partial charge in [0.2, 0.25) is 0 Å². The van der Waals surface area contributed by atoms with E-state index < -0.39 is 0 Å². The lowest BCUT2D eigenvalue weighted by Gasteiger charge is -2.11. The van der Waals surface area contributed by atoms with Crippen LogP contribution in [0.25, 0.3) is 0 Å². The topological polar surface area (TPSA) is 42.7 Å². The number of hydrogen-bond acceptors (Lipinski definition) is 4. The molecule has 86 valence electrons. The van der Waals surface area contributed by atoms with E-state index in [2.05, 4.69) is 29.4 Å². The van der Waals surface area contributed by atoms with Crippen molar-refractivity contribution in [2.45, 2.75) is 37.9 Å². The predicted octanol–water partition coefficient (Wildman–Crippen LogP) is 1.69. The number of nitrogens with one attached hydrogen (secondary N) is 1. The van der Waals surface area contributed by atoms with Crippen LogP contribution in [0, 0.1) is 0 Å². The van der Waals surface area contributed by atoms with Crippen molar-refractivity contribution in [3.05, 3.63) is 6.33 Å². The second kappa shape index (κ2) is 6.85. The summed E-state index contributed by atoms with van der Waals surface area (Å²) in [4.78, 5) is 0. The number of hydrogen-bond donors (Lipinski definition) is 1. The van der Waals surface area contributed by atoms with Crippen molar-refractivity contribution >= 4 is 11.8 Å². The first-order valence-electron chi connectivity index (χ1n) is 5.44. The van der Waals surface area contributed by atoms with E-state index in [-0.39, 0.29) is 0 Å². The fourth-order valence-corrected chi connectivity index (χ4v) is 2.23. The van der Waals surface area contributed by atoms with Gasteiger partial charge in [0.1, 0.15) is 6.33 Å². The van der Waals surface area contributed by atoms with Gasteiger partial charge >= 0.3 is 0 Å². The smallest absolute Gasteiger partial charge is 0.190 e. The second-order valence-corrected chi connectivity index (χ2v) is 4.78. The predicted molar refractivity (Wildman–Crippen MR) is 64.1 cm³/mol. The lowest BCUT2D eigenvalue weighted by atomic mass is 10.2. The molecule has 0 fully saturated rings. The Hall–Kier alpha value is -0.550. The Morgan fingerprint density at radius 2 is 2.40 bits per heavy atom. The molecule has 0 saturated heterocycles. The molecular formula is C10H20N4S. The highest BCUT2D eigenvalue weighted by molar-refractivity contribution is 7.99. The fourth-order valence-electron chi connectivity index (χ4n) is 1.22. The minimum absolute atomic E-state index is 0.589. The molecule has 1 aromatic rings. The number of aromatic nitrogens is 3. The van der Waals surface area contributed by atoms with Crippen LogP contribution in [0.4, 0.5) is 0 Å². The van der Waals surface area contributed by atoms with Crippen LogP contribution in [-0.2, 0) is 7.05 Å². The third-order valence-electron chi connectivity index (χ3n) is 2.19. The maximum absolute atomic E-state index is 4.03. The van der Waals surface area contributed by atoms with Crippen molar-refractivity contribution in [3.63, 3.8) is 0 Å². The van der Waals surface area contributed by atoms with Gasteiger partial charge in [-0.05, 0) is 26.3 Å². The molecule has 0 saturated carbocycles. The molecule has 0 aliphatic rings. The van der Waals surface area contributed by atoms with Crippen LogP contribution in [-0.4, -0.2) is 33.1 Å². The first kappa shape index (κ1) is 12.5. The third kappa shape index (κ3) is 4.66. The minimum Gasteiger partial charge on any atom is -0.314 e. The summed E-state index contributed by atoms with van der Waals surface area (Å²) in [6, 6.07) is 0.589. The summed E-state index contributed by atoms with van der Waals surface area (Å²) < 4.78 is 1.95. The van der Waals surface area contributed by atoms with Gasteiger partial charge < -0.3 is 9.88 Å². The maximum Gasteiger partial charge on any atom is 0.190 e. The summed E-state index contributed by atoms with van der Waals surface area (Å²) in [5.74, 6) is 1.09. The average molecular weight is 228 g/mol. The van der Waals surface area contributed by atoms with E-state index in [9.17, 15) is 0 Å². The molecule has 1 aromatic heterocycles. The fraction of sp³-hybridized carbons (Fsp3) is 0.800. The van der Waals surface area contributed by atoms with Crippen molar-refractivity contribution in [2.24, 2.45) is 7.05 Å². The Bertz CT molecular complexity index is 274. The number of aryl methyl sites for hydroxylation is 1. The molecule has 15 heavy (non-hydrogen) atoms. The van der Waals surface area contributed by atoms with Crippen molar-refractivity contribution < 1.29 is 0 Å². The lowest BCUT2D eigenvalue weighted by Crippen LogP contribution is -2.27. The highest BCUT2D eigenvalue weighted by Gasteiger charge is 2.04. The number of nitrogens with zero attached hydrogens (tertiary/aromatic N) is 3. The average Bonchev–Trinajstić information content (AvgIpc) is 2.61. The Kier molecular flexibility index (Phi) is 5.71. The zero-order valence-corrected chi connectivity index (χ0v) is 10.5. The van der Waals surface area contributed by atoms with Crippen LogP contribution in [0.2, 0.25) is 0 Å². The molecule has 4 nitrogen and oxygen atoms in total. The van der Waals surface area contributed by atoms with Crippen molar-refractivity contribution in [1.82, 2.24) is 20.1 Å². The normalized spacial score (nSPS) is 13.0. The highest BCUT2D eigenvalue weighted by atomic mass is 32.2. The summed E-state index contributed by atoms with van der Waals surface area (Å²) in [5, 5.41) is 12.3.